The highest BCUT2D eigenvalue weighted by molar-refractivity contribution is 6.06. The van der Waals surface area contributed by atoms with Crippen molar-refractivity contribution in [2.24, 2.45) is 0 Å². The van der Waals surface area contributed by atoms with E-state index in [0.29, 0.717) is 25.4 Å². The van der Waals surface area contributed by atoms with Crippen LogP contribution >= 0.6 is 0 Å². The first kappa shape index (κ1) is 18.9. The first-order valence-electron chi connectivity index (χ1n) is 8.11. The zero-order valence-corrected chi connectivity index (χ0v) is 14.1. The van der Waals surface area contributed by atoms with Crippen LogP contribution in [0.5, 0.6) is 0 Å². The summed E-state index contributed by atoms with van der Waals surface area (Å²) in [6.07, 6.45) is 0. The number of benzene rings is 1. The van der Waals surface area contributed by atoms with Gasteiger partial charge in [0.05, 0.1) is 19.8 Å². The van der Waals surface area contributed by atoms with Gasteiger partial charge in [0.2, 0.25) is 0 Å². The van der Waals surface area contributed by atoms with Crippen LogP contribution in [-0.2, 0) is 23.8 Å². The van der Waals surface area contributed by atoms with E-state index in [9.17, 15) is 14.4 Å². The highest BCUT2D eigenvalue weighted by Gasteiger charge is 2.40. The second-order valence-electron chi connectivity index (χ2n) is 5.25. The van der Waals surface area contributed by atoms with E-state index >= 15 is 0 Å². The van der Waals surface area contributed by atoms with Gasteiger partial charge in [-0.3, -0.25) is 14.5 Å². The highest BCUT2D eigenvalue weighted by Crippen LogP contribution is 2.21. The zero-order valence-electron chi connectivity index (χ0n) is 14.1. The average molecular weight is 350 g/mol. The molecule has 8 heteroatoms. The predicted molar refractivity (Wildman–Crippen MR) is 87.7 cm³/mol. The van der Waals surface area contributed by atoms with Crippen molar-refractivity contribution in [3.8, 4) is 0 Å². The third kappa shape index (κ3) is 5.54. The molecule has 0 aliphatic carbocycles. The van der Waals surface area contributed by atoms with Gasteiger partial charge < -0.3 is 19.5 Å². The molecule has 1 aliphatic heterocycles. The molecular formula is C17H22N2O6. The topological polar surface area (TPSA) is 94.2 Å². The molecule has 25 heavy (non-hydrogen) atoms. The summed E-state index contributed by atoms with van der Waals surface area (Å²) in [7, 11) is 0. The SMILES string of the molecule is CCOCCOCCOC(=O)CN1C(=O)NC(c2ccccc2)C1=O. The summed E-state index contributed by atoms with van der Waals surface area (Å²) in [6.45, 7) is 3.26. The van der Waals surface area contributed by atoms with Crippen molar-refractivity contribution < 1.29 is 28.6 Å². The summed E-state index contributed by atoms with van der Waals surface area (Å²) in [5.74, 6) is -1.13. The van der Waals surface area contributed by atoms with E-state index in [1.54, 1.807) is 24.3 Å². The molecule has 0 saturated carbocycles. The molecule has 0 radical (unpaired) electrons. The molecule has 3 amide bonds. The van der Waals surface area contributed by atoms with E-state index in [-0.39, 0.29) is 13.2 Å². The van der Waals surface area contributed by atoms with Gasteiger partial charge in [-0.2, -0.15) is 0 Å². The Morgan fingerprint density at radius 3 is 2.48 bits per heavy atom. The molecule has 1 unspecified atom stereocenters. The molecule has 1 aromatic rings. The van der Waals surface area contributed by atoms with Gasteiger partial charge in [-0.25, -0.2) is 4.79 Å². The quantitative estimate of drug-likeness (QED) is 0.382. The van der Waals surface area contributed by atoms with Crippen LogP contribution in [0.15, 0.2) is 30.3 Å². The largest absolute Gasteiger partial charge is 0.462 e. The molecule has 136 valence electrons. The lowest BCUT2D eigenvalue weighted by Crippen LogP contribution is -2.36. The lowest BCUT2D eigenvalue weighted by Gasteiger charge is -2.12. The van der Waals surface area contributed by atoms with E-state index in [2.05, 4.69) is 5.32 Å². The van der Waals surface area contributed by atoms with Crippen molar-refractivity contribution in [3.05, 3.63) is 35.9 Å². The number of urea groups is 1. The van der Waals surface area contributed by atoms with Gasteiger partial charge in [-0.15, -0.1) is 0 Å². The second kappa shape index (κ2) is 9.75. The molecule has 8 nitrogen and oxygen atoms in total. The zero-order chi connectivity index (χ0) is 18.1. The van der Waals surface area contributed by atoms with E-state index in [4.69, 9.17) is 14.2 Å². The molecule has 0 spiro atoms. The van der Waals surface area contributed by atoms with Gasteiger partial charge in [0.1, 0.15) is 19.2 Å². The summed E-state index contributed by atoms with van der Waals surface area (Å²) < 4.78 is 15.3. The summed E-state index contributed by atoms with van der Waals surface area (Å²) in [6, 6.07) is 7.46. The third-order valence-electron chi connectivity index (χ3n) is 3.51. The Balaban J connectivity index is 1.73. The number of hydrogen-bond donors (Lipinski definition) is 1. The van der Waals surface area contributed by atoms with Crippen LogP contribution in [0.1, 0.15) is 18.5 Å². The maximum atomic E-state index is 12.3. The molecule has 1 N–H and O–H groups in total. The van der Waals surface area contributed by atoms with Gasteiger partial charge in [0.15, 0.2) is 0 Å². The first-order chi connectivity index (χ1) is 12.1. The highest BCUT2D eigenvalue weighted by atomic mass is 16.6. The molecule has 1 heterocycles. The molecule has 1 aliphatic rings. The average Bonchev–Trinajstić information content (AvgIpc) is 2.90. The van der Waals surface area contributed by atoms with Crippen molar-refractivity contribution in [1.82, 2.24) is 10.2 Å². The maximum Gasteiger partial charge on any atom is 0.326 e. The van der Waals surface area contributed by atoms with Crippen LogP contribution < -0.4 is 5.32 Å². The number of nitrogens with zero attached hydrogens (tertiary/aromatic N) is 1. The first-order valence-corrected chi connectivity index (χ1v) is 8.11. The third-order valence-corrected chi connectivity index (χ3v) is 3.51. The Labute approximate surface area is 146 Å². The lowest BCUT2D eigenvalue weighted by atomic mass is 10.1. The minimum Gasteiger partial charge on any atom is -0.462 e. The summed E-state index contributed by atoms with van der Waals surface area (Å²) in [5.41, 5.74) is 0.666. The Hall–Kier alpha value is -2.45. The number of hydrogen-bond acceptors (Lipinski definition) is 6. The number of amides is 3. The van der Waals surface area contributed by atoms with Crippen LogP contribution in [0.4, 0.5) is 4.79 Å². The van der Waals surface area contributed by atoms with Crippen LogP contribution in [0.25, 0.3) is 0 Å². The van der Waals surface area contributed by atoms with Gasteiger partial charge in [0, 0.05) is 6.61 Å². The van der Waals surface area contributed by atoms with Crippen molar-refractivity contribution >= 4 is 17.9 Å². The van der Waals surface area contributed by atoms with E-state index in [0.717, 1.165) is 4.90 Å². The number of imide groups is 1. The number of esters is 1. The molecule has 0 aromatic heterocycles. The Morgan fingerprint density at radius 1 is 1.08 bits per heavy atom. The normalized spacial score (nSPS) is 16.8. The van der Waals surface area contributed by atoms with E-state index in [1.165, 1.54) is 0 Å². The molecule has 1 atom stereocenters. The van der Waals surface area contributed by atoms with Gasteiger partial charge in [-0.05, 0) is 12.5 Å². The molecule has 1 aromatic carbocycles. The number of ether oxygens (including phenoxy) is 3. The Bertz CT molecular complexity index is 592. The predicted octanol–water partition coefficient (Wildman–Crippen LogP) is 0.876. The van der Waals surface area contributed by atoms with Crippen LogP contribution in [0.3, 0.4) is 0 Å². The number of carbonyl (C=O) groups excluding carboxylic acids is 3. The van der Waals surface area contributed by atoms with Crippen molar-refractivity contribution in [3.63, 3.8) is 0 Å². The van der Waals surface area contributed by atoms with Crippen LogP contribution in [0, 0.1) is 0 Å². The summed E-state index contributed by atoms with van der Waals surface area (Å²) >= 11 is 0. The van der Waals surface area contributed by atoms with Crippen molar-refractivity contribution in [2.45, 2.75) is 13.0 Å². The minimum atomic E-state index is -0.775. The molecule has 0 bridgehead atoms. The number of carbonyl (C=O) groups is 3. The maximum absolute atomic E-state index is 12.3. The van der Waals surface area contributed by atoms with Crippen LogP contribution in [-0.4, -0.2) is 62.4 Å². The van der Waals surface area contributed by atoms with E-state index in [1.807, 2.05) is 13.0 Å². The number of rotatable bonds is 10. The van der Waals surface area contributed by atoms with Gasteiger partial charge >= 0.3 is 12.0 Å². The molecular weight excluding hydrogens is 328 g/mol. The molecule has 1 fully saturated rings. The number of nitrogens with one attached hydrogen (secondary N) is 1. The second-order valence-corrected chi connectivity index (χ2v) is 5.25. The Morgan fingerprint density at radius 2 is 1.76 bits per heavy atom. The fourth-order valence-corrected chi connectivity index (χ4v) is 2.29. The standard InChI is InChI=1S/C17H22N2O6/c1-2-23-8-9-24-10-11-25-14(20)12-19-16(21)15(18-17(19)22)13-6-4-3-5-7-13/h3-7,15H,2,8-12H2,1H3,(H,18,22). The minimum absolute atomic E-state index is 0.0523. The van der Waals surface area contributed by atoms with Crippen molar-refractivity contribution in [1.29, 1.82) is 0 Å². The van der Waals surface area contributed by atoms with Gasteiger partial charge in [-0.1, -0.05) is 30.3 Å². The van der Waals surface area contributed by atoms with E-state index < -0.39 is 30.5 Å². The monoisotopic (exact) mass is 350 g/mol. The summed E-state index contributed by atoms with van der Waals surface area (Å²) in [5, 5.41) is 2.56. The smallest absolute Gasteiger partial charge is 0.326 e. The van der Waals surface area contributed by atoms with Gasteiger partial charge in [0.25, 0.3) is 5.91 Å². The molecule has 2 rings (SSSR count). The fourth-order valence-electron chi connectivity index (χ4n) is 2.29. The molecule has 1 saturated heterocycles. The fraction of sp³-hybridized carbons (Fsp3) is 0.471. The van der Waals surface area contributed by atoms with Crippen molar-refractivity contribution in [2.75, 3.05) is 39.6 Å². The Kier molecular flexibility index (Phi) is 7.36. The lowest BCUT2D eigenvalue weighted by molar-refractivity contribution is -0.148. The van der Waals surface area contributed by atoms with Crippen LogP contribution in [0.2, 0.25) is 0 Å². The summed E-state index contributed by atoms with van der Waals surface area (Å²) in [4.78, 5) is 36.9.